The summed E-state index contributed by atoms with van der Waals surface area (Å²) < 4.78 is 0. The first-order chi connectivity index (χ1) is 8.43. The second kappa shape index (κ2) is 5.15. The minimum Gasteiger partial charge on any atom is -0.368 e. The van der Waals surface area contributed by atoms with Crippen LogP contribution in [-0.4, -0.2) is 60.0 Å². The lowest BCUT2D eigenvalue weighted by atomic mass is 9.92. The van der Waals surface area contributed by atoms with Gasteiger partial charge in [0.15, 0.2) is 0 Å². The van der Waals surface area contributed by atoms with E-state index in [-0.39, 0.29) is 5.91 Å². The zero-order valence-corrected chi connectivity index (χ0v) is 11.6. The maximum Gasteiger partial charge on any atom is 0.239 e. The van der Waals surface area contributed by atoms with E-state index < -0.39 is 5.54 Å². The molecule has 0 aromatic rings. The van der Waals surface area contributed by atoms with Gasteiger partial charge in [-0.1, -0.05) is 0 Å². The lowest BCUT2D eigenvalue weighted by molar-refractivity contribution is -0.124. The number of hydrogen-bond donors (Lipinski definition) is 2. The Kier molecular flexibility index (Phi) is 3.94. The molecule has 1 atom stereocenters. The van der Waals surface area contributed by atoms with Crippen LogP contribution in [0.5, 0.6) is 0 Å². The zero-order valence-electron chi connectivity index (χ0n) is 11.6. The highest BCUT2D eigenvalue weighted by Gasteiger charge is 2.47. The van der Waals surface area contributed by atoms with E-state index >= 15 is 0 Å². The number of piperazine rings is 1. The average molecular weight is 254 g/mol. The molecule has 0 radical (unpaired) electrons. The fraction of sp³-hybridized carbons (Fsp3) is 0.923. The first-order valence-corrected chi connectivity index (χ1v) is 6.98. The van der Waals surface area contributed by atoms with Crippen molar-refractivity contribution in [3.8, 4) is 0 Å². The summed E-state index contributed by atoms with van der Waals surface area (Å²) in [5.74, 6) is -0.0329. The molecule has 4 N–H and O–H groups in total. The molecular weight excluding hydrogens is 228 g/mol. The third-order valence-corrected chi connectivity index (χ3v) is 4.39. The molecule has 5 nitrogen and oxygen atoms in total. The Bertz CT molecular complexity index is 308. The van der Waals surface area contributed by atoms with Crippen molar-refractivity contribution in [1.29, 1.82) is 0 Å². The highest BCUT2D eigenvalue weighted by Crippen LogP contribution is 2.38. The summed E-state index contributed by atoms with van der Waals surface area (Å²) in [6.07, 6.45) is 2.09. The normalized spacial score (nSPS) is 26.2. The van der Waals surface area contributed by atoms with E-state index in [9.17, 15) is 4.79 Å². The summed E-state index contributed by atoms with van der Waals surface area (Å²) in [4.78, 5) is 16.4. The molecule has 0 spiro atoms. The topological polar surface area (TPSA) is 75.6 Å². The van der Waals surface area contributed by atoms with E-state index in [1.165, 1.54) is 0 Å². The minimum atomic E-state index is -0.806. The van der Waals surface area contributed by atoms with E-state index in [0.717, 1.165) is 39.0 Å². The molecule has 1 heterocycles. The Balaban J connectivity index is 1.88. The van der Waals surface area contributed by atoms with Crippen molar-refractivity contribution in [2.75, 3.05) is 32.7 Å². The predicted octanol–water partition coefficient (Wildman–Crippen LogP) is -0.395. The molecule has 18 heavy (non-hydrogen) atoms. The molecule has 1 aliphatic heterocycles. The smallest absolute Gasteiger partial charge is 0.239 e. The lowest BCUT2D eigenvalue weighted by Gasteiger charge is -2.40. The summed E-state index contributed by atoms with van der Waals surface area (Å²) in [5, 5.41) is 0. The number of rotatable bonds is 5. The standard InChI is InChI=1S/C13H26N4O/c1-10(2)17-7-5-16(6-8-17)9-13(15,12(14)18)11-3-4-11/h10-11H,3-9,15H2,1-2H3,(H2,14,18). The Labute approximate surface area is 109 Å². The van der Waals surface area contributed by atoms with Crippen LogP contribution in [0.15, 0.2) is 0 Å². The number of primary amides is 1. The number of amides is 1. The molecule has 1 saturated carbocycles. The van der Waals surface area contributed by atoms with Crippen LogP contribution in [0, 0.1) is 5.92 Å². The van der Waals surface area contributed by atoms with Crippen LogP contribution in [0.25, 0.3) is 0 Å². The van der Waals surface area contributed by atoms with Crippen molar-refractivity contribution in [2.24, 2.45) is 17.4 Å². The third kappa shape index (κ3) is 2.84. The maximum absolute atomic E-state index is 11.6. The Morgan fingerprint density at radius 3 is 2.22 bits per heavy atom. The summed E-state index contributed by atoms with van der Waals surface area (Å²) >= 11 is 0. The van der Waals surface area contributed by atoms with Gasteiger partial charge in [0.1, 0.15) is 5.54 Å². The molecule has 1 unspecified atom stereocenters. The largest absolute Gasteiger partial charge is 0.368 e. The molecule has 0 aromatic heterocycles. The number of hydrogen-bond acceptors (Lipinski definition) is 4. The van der Waals surface area contributed by atoms with Crippen molar-refractivity contribution < 1.29 is 4.79 Å². The van der Waals surface area contributed by atoms with E-state index in [1.807, 2.05) is 0 Å². The van der Waals surface area contributed by atoms with Gasteiger partial charge in [-0.25, -0.2) is 0 Å². The van der Waals surface area contributed by atoms with Gasteiger partial charge in [-0.05, 0) is 32.6 Å². The van der Waals surface area contributed by atoms with Crippen molar-refractivity contribution in [3.05, 3.63) is 0 Å². The van der Waals surface area contributed by atoms with Crippen molar-refractivity contribution in [2.45, 2.75) is 38.3 Å². The van der Waals surface area contributed by atoms with Crippen LogP contribution in [0.4, 0.5) is 0 Å². The van der Waals surface area contributed by atoms with E-state index in [4.69, 9.17) is 11.5 Å². The number of nitrogens with zero attached hydrogens (tertiary/aromatic N) is 2. The van der Waals surface area contributed by atoms with Gasteiger partial charge in [-0.2, -0.15) is 0 Å². The number of carbonyl (C=O) groups excluding carboxylic acids is 1. The number of nitrogens with two attached hydrogens (primary N) is 2. The van der Waals surface area contributed by atoms with Gasteiger partial charge in [-0.15, -0.1) is 0 Å². The van der Waals surface area contributed by atoms with Crippen LogP contribution in [0.2, 0.25) is 0 Å². The second-order valence-electron chi connectivity index (χ2n) is 6.08. The summed E-state index contributed by atoms with van der Waals surface area (Å²) in [5.41, 5.74) is 10.9. The molecule has 1 amide bonds. The summed E-state index contributed by atoms with van der Waals surface area (Å²) in [7, 11) is 0. The van der Waals surface area contributed by atoms with Crippen LogP contribution in [-0.2, 0) is 4.79 Å². The van der Waals surface area contributed by atoms with Crippen LogP contribution >= 0.6 is 0 Å². The van der Waals surface area contributed by atoms with Gasteiger partial charge >= 0.3 is 0 Å². The average Bonchev–Trinajstić information content (AvgIpc) is 3.13. The van der Waals surface area contributed by atoms with Crippen LogP contribution in [0.3, 0.4) is 0 Å². The molecule has 2 rings (SSSR count). The molecule has 2 fully saturated rings. The van der Waals surface area contributed by atoms with Gasteiger partial charge in [0, 0.05) is 38.8 Å². The van der Waals surface area contributed by atoms with E-state index in [0.29, 0.717) is 18.5 Å². The van der Waals surface area contributed by atoms with Gasteiger partial charge in [0.2, 0.25) is 5.91 Å². The van der Waals surface area contributed by atoms with Gasteiger partial charge in [-0.3, -0.25) is 14.6 Å². The third-order valence-electron chi connectivity index (χ3n) is 4.39. The second-order valence-corrected chi connectivity index (χ2v) is 6.08. The molecule has 0 bridgehead atoms. The SMILES string of the molecule is CC(C)N1CCN(CC(N)(C(N)=O)C2CC2)CC1. The van der Waals surface area contributed by atoms with Crippen LogP contribution < -0.4 is 11.5 Å². The molecule has 0 aromatic carbocycles. The highest BCUT2D eigenvalue weighted by atomic mass is 16.1. The van der Waals surface area contributed by atoms with E-state index in [1.54, 1.807) is 0 Å². The van der Waals surface area contributed by atoms with Crippen LogP contribution in [0.1, 0.15) is 26.7 Å². The first kappa shape index (κ1) is 13.8. The molecule has 1 saturated heterocycles. The molecule has 5 heteroatoms. The fourth-order valence-electron chi connectivity index (χ4n) is 2.81. The molecular formula is C13H26N4O. The number of carbonyl (C=O) groups is 1. The molecule has 1 aliphatic carbocycles. The highest BCUT2D eigenvalue weighted by molar-refractivity contribution is 5.85. The Hall–Kier alpha value is -0.650. The van der Waals surface area contributed by atoms with Gasteiger partial charge in [0.05, 0.1) is 0 Å². The van der Waals surface area contributed by atoms with Gasteiger partial charge in [0.25, 0.3) is 0 Å². The summed E-state index contributed by atoms with van der Waals surface area (Å²) in [6, 6.07) is 0.592. The fourth-order valence-corrected chi connectivity index (χ4v) is 2.81. The Morgan fingerprint density at radius 1 is 1.28 bits per heavy atom. The van der Waals surface area contributed by atoms with Crippen molar-refractivity contribution >= 4 is 5.91 Å². The monoisotopic (exact) mass is 254 g/mol. The molecule has 2 aliphatic rings. The zero-order chi connectivity index (χ0) is 13.3. The lowest BCUT2D eigenvalue weighted by Crippen LogP contribution is -2.63. The van der Waals surface area contributed by atoms with Crippen molar-refractivity contribution in [1.82, 2.24) is 9.80 Å². The summed E-state index contributed by atoms with van der Waals surface area (Å²) in [6.45, 7) is 9.13. The predicted molar refractivity (Wildman–Crippen MR) is 72.0 cm³/mol. The Morgan fingerprint density at radius 2 is 1.83 bits per heavy atom. The first-order valence-electron chi connectivity index (χ1n) is 6.98. The maximum atomic E-state index is 11.6. The minimum absolute atomic E-state index is 0.304. The van der Waals surface area contributed by atoms with E-state index in [2.05, 4.69) is 23.6 Å². The van der Waals surface area contributed by atoms with Crippen molar-refractivity contribution in [3.63, 3.8) is 0 Å². The quantitative estimate of drug-likeness (QED) is 0.700. The van der Waals surface area contributed by atoms with Gasteiger partial charge < -0.3 is 11.5 Å². The molecule has 104 valence electrons.